The van der Waals surface area contributed by atoms with E-state index in [1.54, 1.807) is 31.2 Å². The number of aliphatic carboxylic acids is 1. The Morgan fingerprint density at radius 3 is 2.29 bits per heavy atom. The first-order valence-electron chi connectivity index (χ1n) is 11.4. The number of carbonyl (C=O) groups excluding carboxylic acids is 3. The Morgan fingerprint density at radius 1 is 1.09 bits per heavy atom. The highest BCUT2D eigenvalue weighted by Gasteiger charge is 2.69. The predicted octanol–water partition coefficient (Wildman–Crippen LogP) is 2.93. The molecule has 2 aromatic carbocycles. The van der Waals surface area contributed by atoms with Gasteiger partial charge in [0, 0.05) is 13.0 Å². The molecule has 0 bridgehead atoms. The zero-order valence-electron chi connectivity index (χ0n) is 19.4. The van der Waals surface area contributed by atoms with Crippen LogP contribution in [0.4, 0.5) is 0 Å². The molecule has 0 spiro atoms. The second-order valence-electron chi connectivity index (χ2n) is 9.02. The molecule has 8 nitrogen and oxygen atoms in total. The van der Waals surface area contributed by atoms with Crippen LogP contribution in [0.2, 0.25) is 0 Å². The van der Waals surface area contributed by atoms with Gasteiger partial charge in [-0.25, -0.2) is 0 Å². The number of hydrogen-bond donors (Lipinski definition) is 2. The molecule has 2 N–H and O–H groups in total. The maximum atomic E-state index is 13.6. The van der Waals surface area contributed by atoms with Crippen LogP contribution in [0.3, 0.4) is 0 Å². The van der Waals surface area contributed by atoms with E-state index in [1.165, 1.54) is 11.8 Å². The summed E-state index contributed by atoms with van der Waals surface area (Å²) in [6, 6.07) is 15.1. The van der Waals surface area contributed by atoms with Crippen LogP contribution in [0.25, 0.3) is 0 Å². The van der Waals surface area contributed by atoms with Crippen molar-refractivity contribution in [3.63, 3.8) is 0 Å². The molecule has 34 heavy (non-hydrogen) atoms. The van der Waals surface area contributed by atoms with E-state index in [-0.39, 0.29) is 12.5 Å². The van der Waals surface area contributed by atoms with E-state index in [4.69, 9.17) is 4.74 Å². The van der Waals surface area contributed by atoms with E-state index in [9.17, 15) is 24.3 Å². The number of carboxylic acids is 1. The Hall–Kier alpha value is -3.52. The average molecular weight is 465 g/mol. The van der Waals surface area contributed by atoms with Crippen molar-refractivity contribution < 1.29 is 29.0 Å². The molecule has 2 amide bonds. The van der Waals surface area contributed by atoms with Crippen molar-refractivity contribution in [2.45, 2.75) is 45.3 Å². The highest BCUT2D eigenvalue weighted by atomic mass is 16.5. The summed E-state index contributed by atoms with van der Waals surface area (Å²) in [5.41, 5.74) is -0.138. The number of esters is 1. The monoisotopic (exact) mass is 464 g/mol. The van der Waals surface area contributed by atoms with Gasteiger partial charge in [-0.2, -0.15) is 0 Å². The number of rotatable bonds is 7. The van der Waals surface area contributed by atoms with Gasteiger partial charge in [-0.3, -0.25) is 29.4 Å². The van der Waals surface area contributed by atoms with Gasteiger partial charge in [-0.15, -0.1) is 0 Å². The second-order valence-corrected chi connectivity index (χ2v) is 9.02. The van der Waals surface area contributed by atoms with Crippen LogP contribution in [-0.4, -0.2) is 39.3 Å². The van der Waals surface area contributed by atoms with Gasteiger partial charge in [0.05, 0.1) is 18.4 Å². The summed E-state index contributed by atoms with van der Waals surface area (Å²) in [6.07, 6.45) is 0.515. The number of amides is 2. The van der Waals surface area contributed by atoms with Gasteiger partial charge >= 0.3 is 11.9 Å². The Bertz CT molecular complexity index is 1120. The maximum absolute atomic E-state index is 13.6. The topological polar surface area (TPSA) is 113 Å². The van der Waals surface area contributed by atoms with E-state index in [0.717, 1.165) is 5.56 Å². The minimum atomic E-state index is -1.59. The smallest absolute Gasteiger partial charge is 0.325 e. The zero-order chi connectivity index (χ0) is 24.6. The second kappa shape index (κ2) is 9.02. The fraction of sp³-hybridized carbons (Fsp3) is 0.385. The van der Waals surface area contributed by atoms with Gasteiger partial charge in [0.15, 0.2) is 0 Å². The van der Waals surface area contributed by atoms with Gasteiger partial charge in [0.25, 0.3) is 0 Å². The summed E-state index contributed by atoms with van der Waals surface area (Å²) in [5.74, 6) is -4.40. The third kappa shape index (κ3) is 3.77. The minimum Gasteiger partial charge on any atom is -0.480 e. The Labute approximate surface area is 197 Å². The normalized spacial score (nSPS) is 26.9. The van der Waals surface area contributed by atoms with Crippen molar-refractivity contribution in [3.8, 4) is 5.75 Å². The number of ether oxygens (including phenoxy) is 1. The molecule has 2 aliphatic rings. The third-order valence-corrected chi connectivity index (χ3v) is 7.11. The van der Waals surface area contributed by atoms with Crippen LogP contribution >= 0.6 is 0 Å². The summed E-state index contributed by atoms with van der Waals surface area (Å²) >= 11 is 0. The van der Waals surface area contributed by atoms with E-state index in [1.807, 2.05) is 37.3 Å². The number of fused-ring (bicyclic) bond motifs is 1. The number of carboxylic acid groups (broad SMARTS) is 1. The molecule has 0 radical (unpaired) electrons. The van der Waals surface area contributed by atoms with Crippen LogP contribution in [0.1, 0.15) is 44.4 Å². The molecule has 4 rings (SSSR count). The summed E-state index contributed by atoms with van der Waals surface area (Å²) in [7, 11) is 0. The summed E-state index contributed by atoms with van der Waals surface area (Å²) < 4.78 is 5.09. The predicted molar refractivity (Wildman–Crippen MR) is 122 cm³/mol. The van der Waals surface area contributed by atoms with Crippen molar-refractivity contribution in [3.05, 3.63) is 65.7 Å². The third-order valence-electron chi connectivity index (χ3n) is 7.11. The quantitative estimate of drug-likeness (QED) is 0.368. The number of carbonyl (C=O) groups is 4. The standard InChI is InChI=1S/C26H28N2O6/c1-4-15(2)26(25(32)33)21-20(22(27-26)18-10-12-19(13-11-18)34-16(3)29)23(30)28(24(21)31)14-17-8-6-5-7-9-17/h5-13,15,20-22,27H,4,14H2,1-3H3,(H,32,33). The van der Waals surface area contributed by atoms with E-state index in [2.05, 4.69) is 5.32 Å². The Kier molecular flexibility index (Phi) is 6.27. The molecule has 2 saturated heterocycles. The first kappa shape index (κ1) is 23.6. The van der Waals surface area contributed by atoms with E-state index < -0.39 is 47.2 Å². The highest BCUT2D eigenvalue weighted by Crippen LogP contribution is 2.52. The first-order chi connectivity index (χ1) is 16.2. The Morgan fingerprint density at radius 2 is 1.74 bits per heavy atom. The molecular weight excluding hydrogens is 436 g/mol. The molecular formula is C26H28N2O6. The summed E-state index contributed by atoms with van der Waals surface area (Å²) in [4.78, 5) is 52.4. The molecule has 8 heteroatoms. The van der Waals surface area contributed by atoms with Crippen LogP contribution < -0.4 is 10.1 Å². The largest absolute Gasteiger partial charge is 0.480 e. The lowest BCUT2D eigenvalue weighted by Gasteiger charge is -2.36. The molecule has 2 heterocycles. The number of nitrogens with zero attached hydrogens (tertiary/aromatic N) is 1. The van der Waals surface area contributed by atoms with Gasteiger partial charge in [0.1, 0.15) is 11.3 Å². The van der Waals surface area contributed by atoms with Crippen molar-refractivity contribution in [2.75, 3.05) is 0 Å². The van der Waals surface area contributed by atoms with Crippen LogP contribution in [0.5, 0.6) is 5.75 Å². The van der Waals surface area contributed by atoms with Crippen molar-refractivity contribution >= 4 is 23.8 Å². The molecule has 0 saturated carbocycles. The van der Waals surface area contributed by atoms with Crippen molar-refractivity contribution in [1.29, 1.82) is 0 Å². The lowest BCUT2D eigenvalue weighted by molar-refractivity contribution is -0.154. The molecule has 0 aromatic heterocycles. The number of imide groups is 1. The zero-order valence-corrected chi connectivity index (χ0v) is 19.4. The van der Waals surface area contributed by atoms with Crippen molar-refractivity contribution in [2.24, 2.45) is 17.8 Å². The van der Waals surface area contributed by atoms with E-state index >= 15 is 0 Å². The maximum Gasteiger partial charge on any atom is 0.325 e. The average Bonchev–Trinajstić information content (AvgIpc) is 3.30. The molecule has 2 aliphatic heterocycles. The molecule has 178 valence electrons. The van der Waals surface area contributed by atoms with Crippen molar-refractivity contribution in [1.82, 2.24) is 10.2 Å². The number of hydrogen-bond acceptors (Lipinski definition) is 6. The lowest BCUT2D eigenvalue weighted by atomic mass is 9.72. The van der Waals surface area contributed by atoms with E-state index in [0.29, 0.717) is 17.7 Å². The number of likely N-dealkylation sites (tertiary alicyclic amines) is 1. The lowest BCUT2D eigenvalue weighted by Crippen LogP contribution is -2.59. The highest BCUT2D eigenvalue weighted by molar-refractivity contribution is 6.09. The fourth-order valence-corrected chi connectivity index (χ4v) is 5.30. The summed E-state index contributed by atoms with van der Waals surface area (Å²) in [5, 5.41) is 13.6. The van der Waals surface area contributed by atoms with Gasteiger partial charge in [0.2, 0.25) is 11.8 Å². The number of nitrogens with one attached hydrogen (secondary N) is 1. The Balaban J connectivity index is 1.77. The molecule has 5 atom stereocenters. The number of benzene rings is 2. The van der Waals surface area contributed by atoms with Crippen LogP contribution in [0, 0.1) is 17.8 Å². The SMILES string of the molecule is CCC(C)C1(C(=O)O)NC(c2ccc(OC(C)=O)cc2)C2C(=O)N(Cc3ccccc3)C(=O)C21. The van der Waals surface area contributed by atoms with Crippen LogP contribution in [-0.2, 0) is 25.7 Å². The fourth-order valence-electron chi connectivity index (χ4n) is 5.30. The molecule has 2 aromatic rings. The summed E-state index contributed by atoms with van der Waals surface area (Å²) in [6.45, 7) is 5.06. The first-order valence-corrected chi connectivity index (χ1v) is 11.4. The minimum absolute atomic E-state index is 0.0970. The van der Waals surface area contributed by atoms with Gasteiger partial charge in [-0.05, 0) is 29.2 Å². The van der Waals surface area contributed by atoms with Gasteiger partial charge < -0.3 is 9.84 Å². The molecule has 5 unspecified atom stereocenters. The molecule has 0 aliphatic carbocycles. The molecule has 2 fully saturated rings. The van der Waals surface area contributed by atoms with Gasteiger partial charge in [-0.1, -0.05) is 62.7 Å². The van der Waals surface area contributed by atoms with Crippen LogP contribution in [0.15, 0.2) is 54.6 Å².